The topological polar surface area (TPSA) is 53.5 Å². The van der Waals surface area contributed by atoms with Crippen molar-refractivity contribution >= 4 is 0 Å². The second-order valence-corrected chi connectivity index (χ2v) is 4.79. The molecular weight excluding hydrogens is 180 g/mol. The van der Waals surface area contributed by atoms with Crippen LogP contribution < -0.4 is 10.6 Å². The van der Waals surface area contributed by atoms with Crippen molar-refractivity contribution in [1.82, 2.24) is 10.6 Å². The van der Waals surface area contributed by atoms with Crippen LogP contribution in [0.2, 0.25) is 0 Å². The van der Waals surface area contributed by atoms with Crippen molar-refractivity contribution in [3.05, 3.63) is 0 Å². The molecule has 0 radical (unpaired) electrons. The van der Waals surface area contributed by atoms with E-state index in [1.54, 1.807) is 0 Å². The summed E-state index contributed by atoms with van der Waals surface area (Å²) in [5, 5.41) is 15.9. The molecular formula is C10H22N2O2. The van der Waals surface area contributed by atoms with Crippen LogP contribution in [0.3, 0.4) is 0 Å². The Morgan fingerprint density at radius 2 is 2.21 bits per heavy atom. The quantitative estimate of drug-likeness (QED) is 0.581. The molecule has 0 aromatic rings. The van der Waals surface area contributed by atoms with Gasteiger partial charge in [0.05, 0.1) is 5.60 Å². The molecule has 4 heteroatoms. The van der Waals surface area contributed by atoms with Gasteiger partial charge in [0.1, 0.15) is 0 Å². The minimum Gasteiger partial charge on any atom is -0.356 e. The van der Waals surface area contributed by atoms with Gasteiger partial charge in [-0.15, -0.1) is 0 Å². The summed E-state index contributed by atoms with van der Waals surface area (Å²) in [6.45, 7) is 7.77. The summed E-state index contributed by atoms with van der Waals surface area (Å²) in [4.78, 5) is 0. The molecule has 1 rings (SSSR count). The number of piperidine rings is 1. The van der Waals surface area contributed by atoms with Crippen molar-refractivity contribution in [2.24, 2.45) is 0 Å². The van der Waals surface area contributed by atoms with Crippen LogP contribution >= 0.6 is 0 Å². The summed E-state index contributed by atoms with van der Waals surface area (Å²) in [5.74, 6) is 0. The van der Waals surface area contributed by atoms with Gasteiger partial charge in [0.15, 0.2) is 0 Å². The van der Waals surface area contributed by atoms with Crippen LogP contribution in [0.15, 0.2) is 0 Å². The van der Waals surface area contributed by atoms with Crippen LogP contribution in [-0.4, -0.2) is 36.3 Å². The van der Waals surface area contributed by atoms with E-state index in [0.29, 0.717) is 6.04 Å². The molecule has 3 N–H and O–H groups in total. The average Bonchev–Trinajstić information content (AvgIpc) is 2.02. The molecule has 0 aromatic heterocycles. The molecule has 14 heavy (non-hydrogen) atoms. The van der Waals surface area contributed by atoms with Gasteiger partial charge in [-0.05, 0) is 40.2 Å². The predicted molar refractivity (Wildman–Crippen MR) is 55.9 cm³/mol. The van der Waals surface area contributed by atoms with Crippen molar-refractivity contribution in [2.45, 2.75) is 51.7 Å². The first-order valence-electron chi connectivity index (χ1n) is 5.30. The lowest BCUT2D eigenvalue weighted by atomic mass is 10.1. The van der Waals surface area contributed by atoms with E-state index in [4.69, 9.17) is 4.74 Å². The Morgan fingerprint density at radius 3 is 2.71 bits per heavy atom. The first-order chi connectivity index (χ1) is 6.47. The molecule has 0 aliphatic carbocycles. The molecule has 1 aliphatic rings. The fourth-order valence-corrected chi connectivity index (χ4v) is 1.56. The molecule has 1 saturated heterocycles. The van der Waals surface area contributed by atoms with Crippen molar-refractivity contribution < 1.29 is 9.84 Å². The van der Waals surface area contributed by atoms with Gasteiger partial charge in [0, 0.05) is 12.6 Å². The van der Waals surface area contributed by atoms with Crippen LogP contribution in [0, 0.1) is 0 Å². The lowest BCUT2D eigenvalue weighted by molar-refractivity contribution is -0.186. The van der Waals surface area contributed by atoms with E-state index in [9.17, 15) is 5.11 Å². The van der Waals surface area contributed by atoms with E-state index >= 15 is 0 Å². The van der Waals surface area contributed by atoms with Crippen LogP contribution in [0.5, 0.6) is 0 Å². The van der Waals surface area contributed by atoms with Crippen molar-refractivity contribution in [1.29, 1.82) is 0 Å². The standard InChI is InChI=1S/C10H22N2O2/c1-10(2,3)14-9(13)12-8-5-4-6-11-7-8/h8-9,11-13H,4-7H2,1-3H3/t8-,9?/m0/s1. The minimum atomic E-state index is -0.861. The maximum Gasteiger partial charge on any atom is 0.214 e. The SMILES string of the molecule is CC(C)(C)OC(O)N[C@H]1CCCNC1. The largest absolute Gasteiger partial charge is 0.356 e. The van der Waals surface area contributed by atoms with Gasteiger partial charge in [0.25, 0.3) is 0 Å². The Labute approximate surface area is 86.0 Å². The Kier molecular flexibility index (Phi) is 4.31. The third-order valence-electron chi connectivity index (χ3n) is 2.14. The zero-order valence-electron chi connectivity index (χ0n) is 9.34. The number of hydrogen-bond acceptors (Lipinski definition) is 4. The summed E-state index contributed by atoms with van der Waals surface area (Å²) in [7, 11) is 0. The van der Waals surface area contributed by atoms with Gasteiger partial charge >= 0.3 is 0 Å². The van der Waals surface area contributed by atoms with Crippen LogP contribution in [0.1, 0.15) is 33.6 Å². The molecule has 2 atom stereocenters. The Bertz CT molecular complexity index is 162. The lowest BCUT2D eigenvalue weighted by Crippen LogP contribution is -2.49. The second kappa shape index (κ2) is 5.07. The summed E-state index contributed by atoms with van der Waals surface area (Å²) in [5.41, 5.74) is -0.311. The number of nitrogens with one attached hydrogen (secondary N) is 2. The number of hydrogen-bond donors (Lipinski definition) is 3. The highest BCUT2D eigenvalue weighted by Crippen LogP contribution is 2.09. The highest BCUT2D eigenvalue weighted by molar-refractivity contribution is 4.74. The monoisotopic (exact) mass is 202 g/mol. The zero-order chi connectivity index (χ0) is 10.6. The van der Waals surface area contributed by atoms with Gasteiger partial charge < -0.3 is 15.2 Å². The Hall–Kier alpha value is -0.160. The van der Waals surface area contributed by atoms with Crippen LogP contribution in [0.4, 0.5) is 0 Å². The van der Waals surface area contributed by atoms with Gasteiger partial charge in [-0.25, -0.2) is 0 Å². The number of ether oxygens (including phenoxy) is 1. The first kappa shape index (κ1) is 11.9. The molecule has 1 aliphatic heterocycles. The summed E-state index contributed by atoms with van der Waals surface area (Å²) in [6, 6.07) is 0.320. The molecule has 1 fully saturated rings. The summed E-state index contributed by atoms with van der Waals surface area (Å²) in [6.07, 6.45) is 1.39. The predicted octanol–water partition coefficient (Wildman–Crippen LogP) is 0.419. The van der Waals surface area contributed by atoms with Crippen LogP contribution in [-0.2, 0) is 4.74 Å². The fraction of sp³-hybridized carbons (Fsp3) is 1.00. The Morgan fingerprint density at radius 1 is 1.50 bits per heavy atom. The molecule has 1 unspecified atom stereocenters. The summed E-state index contributed by atoms with van der Waals surface area (Å²) < 4.78 is 5.36. The molecule has 1 heterocycles. The molecule has 0 bridgehead atoms. The number of aliphatic hydroxyl groups is 1. The van der Waals surface area contributed by atoms with E-state index in [1.807, 2.05) is 20.8 Å². The van der Waals surface area contributed by atoms with Gasteiger partial charge in [0.2, 0.25) is 6.41 Å². The fourth-order valence-electron chi connectivity index (χ4n) is 1.56. The maximum absolute atomic E-state index is 9.58. The van der Waals surface area contributed by atoms with E-state index < -0.39 is 6.41 Å². The number of rotatable bonds is 3. The van der Waals surface area contributed by atoms with Gasteiger partial charge in [-0.1, -0.05) is 0 Å². The second-order valence-electron chi connectivity index (χ2n) is 4.79. The maximum atomic E-state index is 9.58. The Balaban J connectivity index is 2.21. The van der Waals surface area contributed by atoms with Crippen LogP contribution in [0.25, 0.3) is 0 Å². The smallest absolute Gasteiger partial charge is 0.214 e. The minimum absolute atomic E-state index is 0.311. The third-order valence-corrected chi connectivity index (χ3v) is 2.14. The van der Waals surface area contributed by atoms with E-state index in [-0.39, 0.29) is 5.60 Å². The average molecular weight is 202 g/mol. The van der Waals surface area contributed by atoms with Gasteiger partial charge in [-0.3, -0.25) is 5.32 Å². The molecule has 0 saturated carbocycles. The van der Waals surface area contributed by atoms with Crippen molar-refractivity contribution in [3.8, 4) is 0 Å². The molecule has 84 valence electrons. The molecule has 0 aromatic carbocycles. The zero-order valence-corrected chi connectivity index (χ0v) is 9.34. The highest BCUT2D eigenvalue weighted by atomic mass is 16.6. The molecule has 0 spiro atoms. The number of aliphatic hydroxyl groups excluding tert-OH is 1. The van der Waals surface area contributed by atoms with Crippen molar-refractivity contribution in [3.63, 3.8) is 0 Å². The third kappa shape index (κ3) is 4.91. The lowest BCUT2D eigenvalue weighted by Gasteiger charge is -2.30. The van der Waals surface area contributed by atoms with E-state index in [2.05, 4.69) is 10.6 Å². The van der Waals surface area contributed by atoms with E-state index in [0.717, 1.165) is 25.9 Å². The van der Waals surface area contributed by atoms with Gasteiger partial charge in [-0.2, -0.15) is 0 Å². The summed E-state index contributed by atoms with van der Waals surface area (Å²) >= 11 is 0. The van der Waals surface area contributed by atoms with Crippen molar-refractivity contribution in [2.75, 3.05) is 13.1 Å². The molecule has 4 nitrogen and oxygen atoms in total. The molecule has 0 amide bonds. The highest BCUT2D eigenvalue weighted by Gasteiger charge is 2.20. The first-order valence-corrected chi connectivity index (χ1v) is 5.30. The van der Waals surface area contributed by atoms with E-state index in [1.165, 1.54) is 0 Å². The normalized spacial score (nSPS) is 26.1.